The van der Waals surface area contributed by atoms with Gasteiger partial charge in [-0.25, -0.2) is 4.39 Å². The minimum Gasteiger partial charge on any atom is -0.494 e. The summed E-state index contributed by atoms with van der Waals surface area (Å²) >= 11 is 4.77. The van der Waals surface area contributed by atoms with Crippen LogP contribution in [-0.4, -0.2) is 11.6 Å². The maximum Gasteiger partial charge on any atom is 0.126 e. The molecule has 0 radical (unpaired) electrons. The summed E-state index contributed by atoms with van der Waals surface area (Å²) < 4.78 is 18.4. The van der Waals surface area contributed by atoms with Crippen LogP contribution in [0.3, 0.4) is 0 Å². The van der Waals surface area contributed by atoms with E-state index < -0.39 is 0 Å². The highest BCUT2D eigenvalue weighted by molar-refractivity contribution is 7.80. The van der Waals surface area contributed by atoms with Crippen molar-refractivity contribution in [2.24, 2.45) is 5.73 Å². The van der Waals surface area contributed by atoms with Crippen LogP contribution < -0.4 is 10.5 Å². The average Bonchev–Trinajstić information content (AvgIpc) is 2.22. The predicted molar refractivity (Wildman–Crippen MR) is 67.3 cm³/mol. The van der Waals surface area contributed by atoms with E-state index in [1.807, 2.05) is 0 Å². The van der Waals surface area contributed by atoms with E-state index in [9.17, 15) is 4.39 Å². The first kappa shape index (κ1) is 12.9. The lowest BCUT2D eigenvalue weighted by Crippen LogP contribution is -2.08. The summed E-state index contributed by atoms with van der Waals surface area (Å²) in [7, 11) is 0. The molecule has 0 aliphatic heterocycles. The standard InChI is InChI=1S/C12H16FNOS/c1-9-8-10(5-6-11(9)13)15-7-3-2-4-12(14)16/h5-6,8H,2-4,7H2,1H3,(H2,14,16). The molecule has 0 saturated carbocycles. The molecule has 0 aliphatic rings. The van der Waals surface area contributed by atoms with E-state index in [1.54, 1.807) is 19.1 Å². The van der Waals surface area contributed by atoms with Crippen molar-refractivity contribution in [2.45, 2.75) is 26.2 Å². The van der Waals surface area contributed by atoms with Gasteiger partial charge in [-0.3, -0.25) is 0 Å². The van der Waals surface area contributed by atoms with Gasteiger partial charge in [-0.15, -0.1) is 0 Å². The van der Waals surface area contributed by atoms with Gasteiger partial charge in [0.05, 0.1) is 11.6 Å². The quantitative estimate of drug-likeness (QED) is 0.614. The van der Waals surface area contributed by atoms with Gasteiger partial charge in [0, 0.05) is 0 Å². The number of hydrogen-bond acceptors (Lipinski definition) is 2. The molecule has 0 aliphatic carbocycles. The molecule has 1 aromatic carbocycles. The van der Waals surface area contributed by atoms with Crippen LogP contribution in [-0.2, 0) is 0 Å². The summed E-state index contributed by atoms with van der Waals surface area (Å²) in [6, 6.07) is 4.75. The fourth-order valence-corrected chi connectivity index (χ4v) is 1.44. The minimum atomic E-state index is -0.208. The number of benzene rings is 1. The third-order valence-corrected chi connectivity index (χ3v) is 2.42. The predicted octanol–water partition coefficient (Wildman–Crippen LogP) is 2.97. The monoisotopic (exact) mass is 241 g/mol. The highest BCUT2D eigenvalue weighted by atomic mass is 32.1. The van der Waals surface area contributed by atoms with Crippen LogP contribution in [0.15, 0.2) is 18.2 Å². The van der Waals surface area contributed by atoms with Gasteiger partial charge < -0.3 is 10.5 Å². The van der Waals surface area contributed by atoms with E-state index in [1.165, 1.54) is 6.07 Å². The molecule has 0 fully saturated rings. The second-order valence-electron chi connectivity index (χ2n) is 3.68. The molecule has 1 rings (SSSR count). The SMILES string of the molecule is Cc1cc(OCCCCC(N)=S)ccc1F. The summed E-state index contributed by atoms with van der Waals surface area (Å²) in [4.78, 5) is 0.539. The minimum absolute atomic E-state index is 0.208. The van der Waals surface area contributed by atoms with Gasteiger partial charge in [0.25, 0.3) is 0 Å². The molecule has 2 nitrogen and oxygen atoms in total. The average molecular weight is 241 g/mol. The number of rotatable bonds is 6. The number of halogens is 1. The number of thiocarbonyl (C=S) groups is 1. The molecule has 88 valence electrons. The molecule has 16 heavy (non-hydrogen) atoms. The van der Waals surface area contributed by atoms with Crippen molar-refractivity contribution in [2.75, 3.05) is 6.61 Å². The summed E-state index contributed by atoms with van der Waals surface area (Å²) in [5.41, 5.74) is 5.97. The highest BCUT2D eigenvalue weighted by Gasteiger charge is 1.99. The van der Waals surface area contributed by atoms with E-state index in [0.29, 0.717) is 22.9 Å². The number of aryl methyl sites for hydroxylation is 1. The lowest BCUT2D eigenvalue weighted by Gasteiger charge is -2.06. The smallest absolute Gasteiger partial charge is 0.126 e. The molecule has 1 aromatic rings. The number of unbranched alkanes of at least 4 members (excludes halogenated alkanes) is 1. The Kier molecular flexibility index (Phi) is 5.19. The van der Waals surface area contributed by atoms with E-state index in [4.69, 9.17) is 22.7 Å². The van der Waals surface area contributed by atoms with Crippen molar-refractivity contribution in [1.82, 2.24) is 0 Å². The van der Waals surface area contributed by atoms with E-state index in [2.05, 4.69) is 0 Å². The molecular formula is C12H16FNOS. The Hall–Kier alpha value is -1.16. The van der Waals surface area contributed by atoms with Gasteiger partial charge in [-0.1, -0.05) is 12.2 Å². The van der Waals surface area contributed by atoms with Crippen LogP contribution in [0.25, 0.3) is 0 Å². The Labute approximate surface area is 101 Å². The van der Waals surface area contributed by atoms with Crippen molar-refractivity contribution in [1.29, 1.82) is 0 Å². The summed E-state index contributed by atoms with van der Waals surface area (Å²) in [6.07, 6.45) is 2.57. The van der Waals surface area contributed by atoms with Crippen LogP contribution in [0.1, 0.15) is 24.8 Å². The maximum atomic E-state index is 12.9. The fraction of sp³-hybridized carbons (Fsp3) is 0.417. The van der Waals surface area contributed by atoms with Crippen LogP contribution in [0.2, 0.25) is 0 Å². The van der Waals surface area contributed by atoms with Crippen LogP contribution in [0.4, 0.5) is 4.39 Å². The molecule has 0 unspecified atom stereocenters. The first-order chi connectivity index (χ1) is 7.59. The molecule has 0 spiro atoms. The van der Waals surface area contributed by atoms with Gasteiger partial charge in [0.1, 0.15) is 11.6 Å². The number of nitrogens with two attached hydrogens (primary N) is 1. The second-order valence-corrected chi connectivity index (χ2v) is 4.21. The molecule has 0 saturated heterocycles. The maximum absolute atomic E-state index is 12.9. The van der Waals surface area contributed by atoms with Crippen molar-refractivity contribution >= 4 is 17.2 Å². The Morgan fingerprint density at radius 2 is 2.19 bits per heavy atom. The Bertz CT molecular complexity index is 368. The second kappa shape index (κ2) is 6.43. The zero-order valence-corrected chi connectivity index (χ0v) is 10.1. The zero-order valence-electron chi connectivity index (χ0n) is 9.33. The molecule has 2 N–H and O–H groups in total. The summed E-state index contributed by atoms with van der Waals surface area (Å²) in [6.45, 7) is 2.32. The van der Waals surface area contributed by atoms with E-state index in [0.717, 1.165) is 19.3 Å². The van der Waals surface area contributed by atoms with Crippen LogP contribution >= 0.6 is 12.2 Å². The number of hydrogen-bond donors (Lipinski definition) is 1. The number of ether oxygens (including phenoxy) is 1. The lowest BCUT2D eigenvalue weighted by molar-refractivity contribution is 0.307. The van der Waals surface area contributed by atoms with Gasteiger partial charge in [-0.05, 0) is 49.9 Å². The topological polar surface area (TPSA) is 35.2 Å². The van der Waals surface area contributed by atoms with Gasteiger partial charge in [0.2, 0.25) is 0 Å². The highest BCUT2D eigenvalue weighted by Crippen LogP contribution is 2.16. The first-order valence-corrected chi connectivity index (χ1v) is 5.67. The van der Waals surface area contributed by atoms with Crippen molar-refractivity contribution in [3.63, 3.8) is 0 Å². The van der Waals surface area contributed by atoms with Crippen molar-refractivity contribution < 1.29 is 9.13 Å². The molecule has 0 bridgehead atoms. The molecule has 4 heteroatoms. The first-order valence-electron chi connectivity index (χ1n) is 5.27. The fourth-order valence-electron chi connectivity index (χ4n) is 1.30. The van der Waals surface area contributed by atoms with E-state index >= 15 is 0 Å². The summed E-state index contributed by atoms with van der Waals surface area (Å²) in [5, 5.41) is 0. The van der Waals surface area contributed by atoms with Gasteiger partial charge in [-0.2, -0.15) is 0 Å². The molecule has 0 amide bonds. The third-order valence-electron chi connectivity index (χ3n) is 2.22. The van der Waals surface area contributed by atoms with Crippen molar-refractivity contribution in [3.8, 4) is 5.75 Å². The summed E-state index contributed by atoms with van der Waals surface area (Å²) in [5.74, 6) is 0.495. The normalized spacial score (nSPS) is 10.1. The zero-order chi connectivity index (χ0) is 12.0. The van der Waals surface area contributed by atoms with Crippen molar-refractivity contribution in [3.05, 3.63) is 29.6 Å². The molecule has 0 aromatic heterocycles. The van der Waals surface area contributed by atoms with Gasteiger partial charge in [0.15, 0.2) is 0 Å². The Morgan fingerprint density at radius 3 is 2.81 bits per heavy atom. The Morgan fingerprint density at radius 1 is 1.44 bits per heavy atom. The van der Waals surface area contributed by atoms with Crippen LogP contribution in [0, 0.1) is 12.7 Å². The molecule has 0 atom stereocenters. The van der Waals surface area contributed by atoms with Gasteiger partial charge >= 0.3 is 0 Å². The van der Waals surface area contributed by atoms with E-state index in [-0.39, 0.29) is 5.82 Å². The Balaban J connectivity index is 2.27. The van der Waals surface area contributed by atoms with Crippen LogP contribution in [0.5, 0.6) is 5.75 Å². The third kappa shape index (κ3) is 4.57. The largest absolute Gasteiger partial charge is 0.494 e. The molecular weight excluding hydrogens is 225 g/mol. The lowest BCUT2D eigenvalue weighted by atomic mass is 10.2. The molecule has 0 heterocycles.